The van der Waals surface area contributed by atoms with Crippen molar-refractivity contribution in [1.29, 1.82) is 0 Å². The molecule has 2 aliphatic rings. The molecule has 0 bridgehead atoms. The summed E-state index contributed by atoms with van der Waals surface area (Å²) in [6.45, 7) is 1.46. The van der Waals surface area contributed by atoms with E-state index in [0.29, 0.717) is 17.0 Å². The number of nitrogens with zero attached hydrogens (tertiary/aromatic N) is 4. The molecule has 1 aliphatic heterocycles. The lowest BCUT2D eigenvalue weighted by atomic mass is 9.62. The standard InChI is InChI=1S/C15H17BrN4O2/c1-19-9-17-18-13(19)10-7-20(8-15(10)5-2-6-15)14(21)11-3-4-12(16)22-11/h3-4,9-10H,2,5-8H2,1H3. The fraction of sp³-hybridized carbons (Fsp3) is 0.533. The van der Waals surface area contributed by atoms with E-state index in [0.717, 1.165) is 25.2 Å². The average molecular weight is 365 g/mol. The van der Waals surface area contributed by atoms with E-state index in [9.17, 15) is 4.79 Å². The largest absolute Gasteiger partial charge is 0.444 e. The molecule has 0 aromatic carbocycles. The molecule has 3 heterocycles. The van der Waals surface area contributed by atoms with Crippen molar-refractivity contribution in [3.63, 3.8) is 0 Å². The fourth-order valence-corrected chi connectivity index (χ4v) is 4.12. The predicted octanol–water partition coefficient (Wildman–Crippen LogP) is 2.58. The number of rotatable bonds is 2. The van der Waals surface area contributed by atoms with Crippen LogP contribution >= 0.6 is 15.9 Å². The molecule has 2 aromatic rings. The van der Waals surface area contributed by atoms with Gasteiger partial charge in [-0.15, -0.1) is 10.2 Å². The third-order valence-electron chi connectivity index (χ3n) is 5.13. The lowest BCUT2D eigenvalue weighted by Gasteiger charge is -2.42. The number of hydrogen-bond acceptors (Lipinski definition) is 4. The molecule has 1 amide bonds. The number of halogens is 1. The Kier molecular flexibility index (Phi) is 3.14. The highest BCUT2D eigenvalue weighted by Gasteiger charge is 2.53. The van der Waals surface area contributed by atoms with E-state index in [1.807, 2.05) is 16.5 Å². The Labute approximate surface area is 136 Å². The first-order valence-electron chi connectivity index (χ1n) is 7.48. The molecule has 6 nitrogen and oxygen atoms in total. The highest BCUT2D eigenvalue weighted by Crippen LogP contribution is 2.55. The minimum Gasteiger partial charge on any atom is -0.444 e. The molecule has 7 heteroatoms. The third-order valence-corrected chi connectivity index (χ3v) is 5.55. The summed E-state index contributed by atoms with van der Waals surface area (Å²) in [5, 5.41) is 8.30. The molecule has 1 aliphatic carbocycles. The van der Waals surface area contributed by atoms with Gasteiger partial charge in [0.05, 0.1) is 0 Å². The van der Waals surface area contributed by atoms with Crippen molar-refractivity contribution in [3.8, 4) is 0 Å². The van der Waals surface area contributed by atoms with Crippen LogP contribution in [-0.4, -0.2) is 38.7 Å². The summed E-state index contributed by atoms with van der Waals surface area (Å²) >= 11 is 3.25. The summed E-state index contributed by atoms with van der Waals surface area (Å²) in [6.07, 6.45) is 5.25. The smallest absolute Gasteiger partial charge is 0.289 e. The Bertz CT molecular complexity index is 719. The van der Waals surface area contributed by atoms with Crippen LogP contribution in [0.2, 0.25) is 0 Å². The molecular weight excluding hydrogens is 348 g/mol. The number of hydrogen-bond donors (Lipinski definition) is 0. The fourth-order valence-electron chi connectivity index (χ4n) is 3.81. The molecule has 4 rings (SSSR count). The van der Waals surface area contributed by atoms with Crippen LogP contribution in [0.1, 0.15) is 41.6 Å². The molecule has 2 aromatic heterocycles. The van der Waals surface area contributed by atoms with Gasteiger partial charge in [0.15, 0.2) is 10.4 Å². The van der Waals surface area contributed by atoms with Crippen LogP contribution in [0.3, 0.4) is 0 Å². The molecule has 1 unspecified atom stereocenters. The number of aryl methyl sites for hydroxylation is 1. The van der Waals surface area contributed by atoms with Gasteiger partial charge in [-0.25, -0.2) is 0 Å². The molecule has 2 fully saturated rings. The van der Waals surface area contributed by atoms with Gasteiger partial charge in [-0.1, -0.05) is 6.42 Å². The van der Waals surface area contributed by atoms with E-state index in [2.05, 4.69) is 26.1 Å². The summed E-state index contributed by atoms with van der Waals surface area (Å²) < 4.78 is 7.98. The maximum Gasteiger partial charge on any atom is 0.289 e. The van der Waals surface area contributed by atoms with Gasteiger partial charge in [0, 0.05) is 26.1 Å². The first kappa shape index (κ1) is 14.0. The molecule has 1 saturated carbocycles. The molecule has 1 spiro atoms. The Balaban J connectivity index is 1.62. The highest BCUT2D eigenvalue weighted by molar-refractivity contribution is 9.10. The van der Waals surface area contributed by atoms with E-state index >= 15 is 0 Å². The van der Waals surface area contributed by atoms with Crippen LogP contribution in [0.4, 0.5) is 0 Å². The van der Waals surface area contributed by atoms with Crippen LogP contribution in [0.15, 0.2) is 27.5 Å². The minimum atomic E-state index is -0.0401. The maximum absolute atomic E-state index is 12.7. The van der Waals surface area contributed by atoms with Crippen LogP contribution < -0.4 is 0 Å². The van der Waals surface area contributed by atoms with Crippen LogP contribution in [0.5, 0.6) is 0 Å². The molecule has 1 saturated heterocycles. The summed E-state index contributed by atoms with van der Waals surface area (Å²) in [5.74, 6) is 1.59. The lowest BCUT2D eigenvalue weighted by molar-refractivity contribution is 0.0693. The van der Waals surface area contributed by atoms with Crippen molar-refractivity contribution < 1.29 is 9.21 Å². The van der Waals surface area contributed by atoms with E-state index in [1.165, 1.54) is 6.42 Å². The van der Waals surface area contributed by atoms with E-state index in [4.69, 9.17) is 4.42 Å². The molecular formula is C15H17BrN4O2. The van der Waals surface area contributed by atoms with Crippen LogP contribution in [0.25, 0.3) is 0 Å². The number of furan rings is 1. The highest BCUT2D eigenvalue weighted by atomic mass is 79.9. The predicted molar refractivity (Wildman–Crippen MR) is 82.3 cm³/mol. The molecule has 0 N–H and O–H groups in total. The van der Waals surface area contributed by atoms with Gasteiger partial charge >= 0.3 is 0 Å². The Morgan fingerprint density at radius 2 is 2.27 bits per heavy atom. The van der Waals surface area contributed by atoms with Crippen molar-refractivity contribution >= 4 is 21.8 Å². The van der Waals surface area contributed by atoms with Gasteiger partial charge in [0.2, 0.25) is 0 Å². The second kappa shape index (κ2) is 4.94. The van der Waals surface area contributed by atoms with Gasteiger partial charge in [-0.05, 0) is 46.3 Å². The van der Waals surface area contributed by atoms with E-state index in [-0.39, 0.29) is 17.2 Å². The number of likely N-dealkylation sites (tertiary alicyclic amines) is 1. The second-order valence-corrected chi connectivity index (χ2v) is 7.14. The first-order chi connectivity index (χ1) is 10.6. The van der Waals surface area contributed by atoms with E-state index in [1.54, 1.807) is 18.5 Å². The number of carbonyl (C=O) groups is 1. The van der Waals surface area contributed by atoms with Gasteiger partial charge in [-0.2, -0.15) is 0 Å². The van der Waals surface area contributed by atoms with Gasteiger partial charge < -0.3 is 13.9 Å². The summed E-state index contributed by atoms with van der Waals surface area (Å²) in [4.78, 5) is 14.6. The Morgan fingerprint density at radius 1 is 1.45 bits per heavy atom. The van der Waals surface area contributed by atoms with Crippen molar-refractivity contribution in [2.75, 3.05) is 13.1 Å². The van der Waals surface area contributed by atoms with Crippen LogP contribution in [0, 0.1) is 5.41 Å². The Morgan fingerprint density at radius 3 is 2.82 bits per heavy atom. The van der Waals surface area contributed by atoms with Crippen molar-refractivity contribution in [1.82, 2.24) is 19.7 Å². The second-order valence-electron chi connectivity index (χ2n) is 6.36. The first-order valence-corrected chi connectivity index (χ1v) is 8.27. The minimum absolute atomic E-state index is 0.0401. The van der Waals surface area contributed by atoms with Gasteiger partial charge in [0.1, 0.15) is 12.2 Å². The third kappa shape index (κ3) is 2.02. The SMILES string of the molecule is Cn1cnnc1C1CN(C(=O)c2ccc(Br)o2)CC12CCC2. The Hall–Kier alpha value is -1.63. The van der Waals surface area contributed by atoms with Crippen molar-refractivity contribution in [2.24, 2.45) is 12.5 Å². The molecule has 1 atom stereocenters. The zero-order valence-corrected chi connectivity index (χ0v) is 13.9. The van der Waals surface area contributed by atoms with Crippen molar-refractivity contribution in [2.45, 2.75) is 25.2 Å². The maximum atomic E-state index is 12.7. The molecule has 0 radical (unpaired) electrons. The number of carbonyl (C=O) groups excluding carboxylic acids is 1. The lowest BCUT2D eigenvalue weighted by Crippen LogP contribution is -2.38. The summed E-state index contributed by atoms with van der Waals surface area (Å²) in [5.41, 5.74) is 0.167. The zero-order chi connectivity index (χ0) is 15.3. The average Bonchev–Trinajstić information content (AvgIpc) is 3.14. The van der Waals surface area contributed by atoms with Gasteiger partial charge in [-0.3, -0.25) is 4.79 Å². The summed E-state index contributed by atoms with van der Waals surface area (Å²) in [6, 6.07) is 3.47. The number of amides is 1. The quantitative estimate of drug-likeness (QED) is 0.821. The van der Waals surface area contributed by atoms with E-state index < -0.39 is 0 Å². The van der Waals surface area contributed by atoms with Gasteiger partial charge in [0.25, 0.3) is 5.91 Å². The normalized spacial score (nSPS) is 23.0. The molecule has 116 valence electrons. The molecule has 22 heavy (non-hydrogen) atoms. The summed E-state index contributed by atoms with van der Waals surface area (Å²) in [7, 11) is 1.97. The van der Waals surface area contributed by atoms with Crippen molar-refractivity contribution in [3.05, 3.63) is 34.7 Å². The zero-order valence-electron chi connectivity index (χ0n) is 12.3. The number of aromatic nitrogens is 3. The van der Waals surface area contributed by atoms with Crippen LogP contribution in [-0.2, 0) is 7.05 Å². The monoisotopic (exact) mass is 364 g/mol. The topological polar surface area (TPSA) is 64.2 Å².